The standard InChI is InChI=1S/C19H31NS/c1-15(14-20-17-8-6-5-7-9-17)21-18-12-10-16(11-13-18)19(2,3)4/h10-13,15,17,20H,5-9,14H2,1-4H3. The normalized spacial score (nSPS) is 18.7. The van der Waals surface area contributed by atoms with Crippen molar-refractivity contribution in [3.63, 3.8) is 0 Å². The fraction of sp³-hybridized carbons (Fsp3) is 0.684. The van der Waals surface area contributed by atoms with E-state index < -0.39 is 0 Å². The molecule has 0 aliphatic heterocycles. The van der Waals surface area contributed by atoms with Gasteiger partial charge in [-0.15, -0.1) is 11.8 Å². The van der Waals surface area contributed by atoms with Crippen molar-refractivity contribution in [1.82, 2.24) is 5.32 Å². The molecule has 1 aliphatic carbocycles. The summed E-state index contributed by atoms with van der Waals surface area (Å²) in [4.78, 5) is 1.39. The summed E-state index contributed by atoms with van der Waals surface area (Å²) < 4.78 is 0. The van der Waals surface area contributed by atoms with Gasteiger partial charge in [-0.3, -0.25) is 0 Å². The van der Waals surface area contributed by atoms with E-state index in [1.54, 1.807) is 0 Å². The van der Waals surface area contributed by atoms with Gasteiger partial charge in [0.15, 0.2) is 0 Å². The third-order valence-electron chi connectivity index (χ3n) is 4.36. The second kappa shape index (κ2) is 7.69. The van der Waals surface area contributed by atoms with Crippen LogP contribution in [0.3, 0.4) is 0 Å². The van der Waals surface area contributed by atoms with Crippen LogP contribution < -0.4 is 5.32 Å². The fourth-order valence-corrected chi connectivity index (χ4v) is 3.88. The third kappa shape index (κ3) is 5.67. The van der Waals surface area contributed by atoms with Crippen molar-refractivity contribution in [3.8, 4) is 0 Å². The summed E-state index contributed by atoms with van der Waals surface area (Å²) >= 11 is 1.99. The number of rotatable bonds is 5. The molecule has 21 heavy (non-hydrogen) atoms. The molecule has 118 valence electrons. The Labute approximate surface area is 135 Å². The molecule has 1 N–H and O–H groups in total. The lowest BCUT2D eigenvalue weighted by molar-refractivity contribution is 0.375. The number of hydrogen-bond acceptors (Lipinski definition) is 2. The first kappa shape index (κ1) is 16.9. The van der Waals surface area contributed by atoms with Crippen LogP contribution in [0.15, 0.2) is 29.2 Å². The van der Waals surface area contributed by atoms with Crippen molar-refractivity contribution in [1.29, 1.82) is 0 Å². The number of benzene rings is 1. The maximum Gasteiger partial charge on any atom is 0.0191 e. The Morgan fingerprint density at radius 2 is 1.71 bits per heavy atom. The average molecular weight is 306 g/mol. The highest BCUT2D eigenvalue weighted by molar-refractivity contribution is 8.00. The predicted molar refractivity (Wildman–Crippen MR) is 95.3 cm³/mol. The molecule has 0 radical (unpaired) electrons. The van der Waals surface area contributed by atoms with Gasteiger partial charge in [0, 0.05) is 22.7 Å². The fourth-order valence-electron chi connectivity index (χ4n) is 2.95. The minimum absolute atomic E-state index is 0.247. The second-order valence-corrected chi connectivity index (χ2v) is 8.96. The predicted octanol–water partition coefficient (Wildman–Crippen LogP) is 5.39. The summed E-state index contributed by atoms with van der Waals surface area (Å²) in [5.74, 6) is 0. The number of nitrogens with one attached hydrogen (secondary N) is 1. The molecule has 0 spiro atoms. The molecule has 2 rings (SSSR count). The first-order chi connectivity index (χ1) is 9.95. The Kier molecular flexibility index (Phi) is 6.19. The molecule has 1 aromatic rings. The van der Waals surface area contributed by atoms with E-state index in [9.17, 15) is 0 Å². The van der Waals surface area contributed by atoms with E-state index in [0.29, 0.717) is 5.25 Å². The molecule has 0 amide bonds. The number of thioether (sulfide) groups is 1. The molecule has 0 bridgehead atoms. The van der Waals surface area contributed by atoms with Crippen LogP contribution in [0.4, 0.5) is 0 Å². The van der Waals surface area contributed by atoms with E-state index in [2.05, 4.69) is 57.3 Å². The first-order valence-corrected chi connectivity index (χ1v) is 9.34. The lowest BCUT2D eigenvalue weighted by atomic mass is 9.87. The third-order valence-corrected chi connectivity index (χ3v) is 5.47. The van der Waals surface area contributed by atoms with Crippen LogP contribution >= 0.6 is 11.8 Å². The molecule has 0 aromatic heterocycles. The van der Waals surface area contributed by atoms with E-state index in [4.69, 9.17) is 0 Å². The van der Waals surface area contributed by atoms with Crippen LogP contribution in [0.1, 0.15) is 65.4 Å². The van der Waals surface area contributed by atoms with Gasteiger partial charge in [-0.25, -0.2) is 0 Å². The maximum absolute atomic E-state index is 3.76. The molecule has 1 atom stereocenters. The summed E-state index contributed by atoms with van der Waals surface area (Å²) in [6, 6.07) is 9.89. The van der Waals surface area contributed by atoms with Crippen LogP contribution in [0.2, 0.25) is 0 Å². The van der Waals surface area contributed by atoms with Gasteiger partial charge >= 0.3 is 0 Å². The zero-order valence-corrected chi connectivity index (χ0v) is 14.9. The minimum atomic E-state index is 0.247. The monoisotopic (exact) mass is 305 g/mol. The van der Waals surface area contributed by atoms with Crippen LogP contribution in [-0.4, -0.2) is 17.8 Å². The molecule has 0 heterocycles. The molecule has 1 saturated carbocycles. The summed E-state index contributed by atoms with van der Waals surface area (Å²) in [7, 11) is 0. The molecule has 1 nitrogen and oxygen atoms in total. The number of hydrogen-bond donors (Lipinski definition) is 1. The van der Waals surface area contributed by atoms with E-state index in [-0.39, 0.29) is 5.41 Å². The first-order valence-electron chi connectivity index (χ1n) is 8.46. The van der Waals surface area contributed by atoms with E-state index in [1.807, 2.05) is 11.8 Å². The Morgan fingerprint density at radius 1 is 1.10 bits per heavy atom. The summed E-state index contributed by atoms with van der Waals surface area (Å²) in [6.45, 7) is 10.3. The molecule has 0 saturated heterocycles. The molecule has 1 aliphatic rings. The highest BCUT2D eigenvalue weighted by Gasteiger charge is 2.15. The molecular formula is C19H31NS. The lowest BCUT2D eigenvalue weighted by Gasteiger charge is -2.24. The molecule has 2 heteroatoms. The zero-order valence-electron chi connectivity index (χ0n) is 14.1. The smallest absolute Gasteiger partial charge is 0.0191 e. The van der Waals surface area contributed by atoms with Crippen molar-refractivity contribution in [2.24, 2.45) is 0 Å². The van der Waals surface area contributed by atoms with Crippen molar-refractivity contribution in [2.75, 3.05) is 6.54 Å². The Hall–Kier alpha value is -0.470. The highest BCUT2D eigenvalue weighted by Crippen LogP contribution is 2.28. The summed E-state index contributed by atoms with van der Waals surface area (Å²) in [5.41, 5.74) is 1.66. The van der Waals surface area contributed by atoms with E-state index in [0.717, 1.165) is 12.6 Å². The van der Waals surface area contributed by atoms with Crippen LogP contribution in [0.5, 0.6) is 0 Å². The van der Waals surface area contributed by atoms with Crippen LogP contribution in [-0.2, 0) is 5.41 Å². The highest BCUT2D eigenvalue weighted by atomic mass is 32.2. The largest absolute Gasteiger partial charge is 0.313 e. The second-order valence-electron chi connectivity index (χ2n) is 7.45. The molecule has 1 fully saturated rings. The van der Waals surface area contributed by atoms with Crippen molar-refractivity contribution >= 4 is 11.8 Å². The zero-order chi connectivity index (χ0) is 15.3. The van der Waals surface area contributed by atoms with Crippen molar-refractivity contribution < 1.29 is 0 Å². The van der Waals surface area contributed by atoms with Crippen LogP contribution in [0.25, 0.3) is 0 Å². The summed E-state index contributed by atoms with van der Waals surface area (Å²) in [5, 5.41) is 4.39. The minimum Gasteiger partial charge on any atom is -0.313 e. The van der Waals surface area contributed by atoms with Gasteiger partial charge in [-0.2, -0.15) is 0 Å². The summed E-state index contributed by atoms with van der Waals surface area (Å²) in [6.07, 6.45) is 7.00. The van der Waals surface area contributed by atoms with Gasteiger partial charge in [-0.1, -0.05) is 59.1 Å². The van der Waals surface area contributed by atoms with Crippen molar-refractivity contribution in [2.45, 2.75) is 81.4 Å². The van der Waals surface area contributed by atoms with Crippen molar-refractivity contribution in [3.05, 3.63) is 29.8 Å². The molecular weight excluding hydrogens is 274 g/mol. The Bertz CT molecular complexity index is 412. The van der Waals surface area contributed by atoms with Gasteiger partial charge in [0.2, 0.25) is 0 Å². The SMILES string of the molecule is CC(CNC1CCCCC1)Sc1ccc(C(C)(C)C)cc1. The van der Waals surface area contributed by atoms with Gasteiger partial charge < -0.3 is 5.32 Å². The van der Waals surface area contributed by atoms with E-state index >= 15 is 0 Å². The van der Waals surface area contributed by atoms with Gasteiger partial charge in [-0.05, 0) is 36.0 Å². The molecule has 1 unspecified atom stereocenters. The lowest BCUT2D eigenvalue weighted by Crippen LogP contribution is -2.35. The van der Waals surface area contributed by atoms with E-state index in [1.165, 1.54) is 42.6 Å². The van der Waals surface area contributed by atoms with Gasteiger partial charge in [0.1, 0.15) is 0 Å². The quantitative estimate of drug-likeness (QED) is 0.732. The van der Waals surface area contributed by atoms with Crippen LogP contribution in [0, 0.1) is 0 Å². The Morgan fingerprint density at radius 3 is 2.29 bits per heavy atom. The van der Waals surface area contributed by atoms with Gasteiger partial charge in [0.25, 0.3) is 0 Å². The maximum atomic E-state index is 3.76. The average Bonchev–Trinajstić information content (AvgIpc) is 2.46. The van der Waals surface area contributed by atoms with Gasteiger partial charge in [0.05, 0.1) is 0 Å². The topological polar surface area (TPSA) is 12.0 Å². The molecule has 1 aromatic carbocycles. The Balaban J connectivity index is 1.78.